The minimum absolute atomic E-state index is 0.246. The van der Waals surface area contributed by atoms with Crippen molar-refractivity contribution in [1.29, 1.82) is 0 Å². The van der Waals surface area contributed by atoms with Crippen molar-refractivity contribution in [2.45, 2.75) is 19.9 Å². The molecule has 2 aromatic carbocycles. The van der Waals surface area contributed by atoms with Crippen LogP contribution in [0.25, 0.3) is 0 Å². The van der Waals surface area contributed by atoms with Gasteiger partial charge in [0.1, 0.15) is 17.5 Å². The Hall–Kier alpha value is -1.81. The summed E-state index contributed by atoms with van der Waals surface area (Å²) in [6, 6.07) is 7.82. The second kappa shape index (κ2) is 6.09. The van der Waals surface area contributed by atoms with Gasteiger partial charge in [-0.2, -0.15) is 0 Å². The third-order valence-electron chi connectivity index (χ3n) is 3.21. The van der Waals surface area contributed by atoms with Crippen LogP contribution in [0.2, 0.25) is 0 Å². The van der Waals surface area contributed by atoms with Crippen molar-refractivity contribution < 1.29 is 13.2 Å². The first-order valence-electron chi connectivity index (χ1n) is 6.48. The molecule has 0 saturated carbocycles. The fourth-order valence-electron chi connectivity index (χ4n) is 2.20. The summed E-state index contributed by atoms with van der Waals surface area (Å²) < 4.78 is 41.3. The SMILES string of the molecule is CCNC(c1ccccc1F)c1cc(C)c(F)cc1F. The van der Waals surface area contributed by atoms with E-state index in [1.165, 1.54) is 12.1 Å². The summed E-state index contributed by atoms with van der Waals surface area (Å²) in [4.78, 5) is 0. The molecule has 0 aromatic heterocycles. The number of aryl methyl sites for hydroxylation is 1. The van der Waals surface area contributed by atoms with E-state index >= 15 is 0 Å². The lowest BCUT2D eigenvalue weighted by atomic mass is 9.96. The van der Waals surface area contributed by atoms with Gasteiger partial charge in [0.15, 0.2) is 0 Å². The highest BCUT2D eigenvalue weighted by molar-refractivity contribution is 5.36. The minimum Gasteiger partial charge on any atom is -0.306 e. The van der Waals surface area contributed by atoms with Crippen LogP contribution in [0.15, 0.2) is 36.4 Å². The first-order valence-corrected chi connectivity index (χ1v) is 6.48. The smallest absolute Gasteiger partial charge is 0.131 e. The summed E-state index contributed by atoms with van der Waals surface area (Å²) in [6.45, 7) is 3.94. The van der Waals surface area contributed by atoms with Gasteiger partial charge in [-0.05, 0) is 31.2 Å². The van der Waals surface area contributed by atoms with Gasteiger partial charge in [0.25, 0.3) is 0 Å². The molecule has 0 bridgehead atoms. The van der Waals surface area contributed by atoms with Crippen molar-refractivity contribution in [3.05, 3.63) is 70.5 Å². The van der Waals surface area contributed by atoms with Crippen molar-refractivity contribution >= 4 is 0 Å². The molecule has 1 nitrogen and oxygen atoms in total. The van der Waals surface area contributed by atoms with Crippen LogP contribution >= 0.6 is 0 Å². The highest BCUT2D eigenvalue weighted by Crippen LogP contribution is 2.28. The van der Waals surface area contributed by atoms with Crippen LogP contribution in [-0.4, -0.2) is 6.54 Å². The van der Waals surface area contributed by atoms with E-state index in [0.717, 1.165) is 6.07 Å². The van der Waals surface area contributed by atoms with E-state index in [1.807, 2.05) is 6.92 Å². The first-order chi connectivity index (χ1) is 9.54. The van der Waals surface area contributed by atoms with E-state index in [4.69, 9.17) is 0 Å². The van der Waals surface area contributed by atoms with Gasteiger partial charge >= 0.3 is 0 Å². The monoisotopic (exact) mass is 279 g/mol. The molecule has 2 aromatic rings. The fraction of sp³-hybridized carbons (Fsp3) is 0.250. The maximum absolute atomic E-state index is 14.0. The number of halogens is 3. The molecule has 106 valence electrons. The summed E-state index contributed by atoms with van der Waals surface area (Å²) in [5.74, 6) is -1.70. The quantitative estimate of drug-likeness (QED) is 0.888. The Labute approximate surface area is 116 Å². The Balaban J connectivity index is 2.54. The third-order valence-corrected chi connectivity index (χ3v) is 3.21. The van der Waals surface area contributed by atoms with E-state index in [2.05, 4.69) is 5.32 Å². The molecule has 0 amide bonds. The molecule has 0 heterocycles. The molecule has 1 unspecified atom stereocenters. The van der Waals surface area contributed by atoms with Crippen LogP contribution in [0.4, 0.5) is 13.2 Å². The maximum Gasteiger partial charge on any atom is 0.131 e. The number of hydrogen-bond acceptors (Lipinski definition) is 1. The zero-order valence-electron chi connectivity index (χ0n) is 11.4. The predicted molar refractivity (Wildman–Crippen MR) is 73.0 cm³/mol. The Morgan fingerprint density at radius 1 is 0.950 bits per heavy atom. The van der Waals surface area contributed by atoms with Gasteiger partial charge in [-0.1, -0.05) is 25.1 Å². The summed E-state index contributed by atoms with van der Waals surface area (Å²) in [6.07, 6.45) is 0. The molecular formula is C16H16F3N. The highest BCUT2D eigenvalue weighted by Gasteiger charge is 2.21. The van der Waals surface area contributed by atoms with Crippen LogP contribution in [0.1, 0.15) is 29.7 Å². The molecule has 4 heteroatoms. The Morgan fingerprint density at radius 3 is 2.30 bits per heavy atom. The average Bonchev–Trinajstić information content (AvgIpc) is 2.42. The lowest BCUT2D eigenvalue weighted by Gasteiger charge is -2.20. The van der Waals surface area contributed by atoms with Gasteiger partial charge in [-0.25, -0.2) is 13.2 Å². The molecular weight excluding hydrogens is 263 g/mol. The molecule has 0 aliphatic heterocycles. The van der Waals surface area contributed by atoms with E-state index in [1.54, 1.807) is 25.1 Å². The van der Waals surface area contributed by atoms with Crippen molar-refractivity contribution in [1.82, 2.24) is 5.32 Å². The van der Waals surface area contributed by atoms with Crippen molar-refractivity contribution in [3.8, 4) is 0 Å². The average molecular weight is 279 g/mol. The standard InChI is InChI=1S/C16H16F3N/c1-3-20-16(11-6-4-5-7-13(11)17)12-8-10(2)14(18)9-15(12)19/h4-9,16,20H,3H2,1-2H3. The lowest BCUT2D eigenvalue weighted by Crippen LogP contribution is -2.24. The van der Waals surface area contributed by atoms with Crippen molar-refractivity contribution in [2.75, 3.05) is 6.54 Å². The largest absolute Gasteiger partial charge is 0.306 e. The maximum atomic E-state index is 14.0. The molecule has 0 aliphatic carbocycles. The number of benzene rings is 2. The van der Waals surface area contributed by atoms with Crippen LogP contribution < -0.4 is 5.32 Å². The summed E-state index contributed by atoms with van der Waals surface area (Å²) in [5.41, 5.74) is 0.927. The molecule has 0 fully saturated rings. The van der Waals surface area contributed by atoms with Crippen molar-refractivity contribution in [3.63, 3.8) is 0 Å². The number of rotatable bonds is 4. The van der Waals surface area contributed by atoms with Crippen LogP contribution in [0, 0.1) is 24.4 Å². The predicted octanol–water partition coefficient (Wildman–Crippen LogP) is 4.11. The fourth-order valence-corrected chi connectivity index (χ4v) is 2.20. The highest BCUT2D eigenvalue weighted by atomic mass is 19.1. The molecule has 0 aliphatic rings. The van der Waals surface area contributed by atoms with Crippen molar-refractivity contribution in [2.24, 2.45) is 0 Å². The van der Waals surface area contributed by atoms with Gasteiger partial charge in [0, 0.05) is 17.2 Å². The minimum atomic E-state index is -0.678. The molecule has 0 spiro atoms. The second-order valence-corrected chi connectivity index (χ2v) is 4.64. The summed E-state index contributed by atoms with van der Waals surface area (Å²) in [5, 5.41) is 3.04. The van der Waals surface area contributed by atoms with Gasteiger partial charge in [-0.3, -0.25) is 0 Å². The van der Waals surface area contributed by atoms with E-state index in [-0.39, 0.29) is 5.56 Å². The van der Waals surface area contributed by atoms with Gasteiger partial charge in [-0.15, -0.1) is 0 Å². The Kier molecular flexibility index (Phi) is 4.45. The zero-order valence-corrected chi connectivity index (χ0v) is 11.4. The van der Waals surface area contributed by atoms with E-state index in [9.17, 15) is 13.2 Å². The summed E-state index contributed by atoms with van der Waals surface area (Å²) in [7, 11) is 0. The number of hydrogen-bond donors (Lipinski definition) is 1. The normalized spacial score (nSPS) is 12.4. The van der Waals surface area contributed by atoms with E-state index in [0.29, 0.717) is 17.7 Å². The third kappa shape index (κ3) is 2.85. The summed E-state index contributed by atoms with van der Waals surface area (Å²) >= 11 is 0. The molecule has 1 N–H and O–H groups in total. The Bertz CT molecular complexity index is 611. The topological polar surface area (TPSA) is 12.0 Å². The lowest BCUT2D eigenvalue weighted by molar-refractivity contribution is 0.520. The molecule has 20 heavy (non-hydrogen) atoms. The molecule has 2 rings (SSSR count). The second-order valence-electron chi connectivity index (χ2n) is 4.64. The van der Waals surface area contributed by atoms with Gasteiger partial charge in [0.2, 0.25) is 0 Å². The van der Waals surface area contributed by atoms with Crippen LogP contribution in [-0.2, 0) is 0 Å². The molecule has 0 saturated heterocycles. The van der Waals surface area contributed by atoms with Crippen LogP contribution in [0.5, 0.6) is 0 Å². The van der Waals surface area contributed by atoms with Gasteiger partial charge < -0.3 is 5.32 Å². The molecule has 1 atom stereocenters. The molecule has 0 radical (unpaired) electrons. The first kappa shape index (κ1) is 14.6. The zero-order chi connectivity index (χ0) is 14.7. The van der Waals surface area contributed by atoms with Gasteiger partial charge in [0.05, 0.1) is 6.04 Å². The van der Waals surface area contributed by atoms with Crippen LogP contribution in [0.3, 0.4) is 0 Å². The Morgan fingerprint density at radius 2 is 1.65 bits per heavy atom. The van der Waals surface area contributed by atoms with E-state index < -0.39 is 23.5 Å². The number of nitrogens with one attached hydrogen (secondary N) is 1.